The molecule has 5 heteroatoms. The monoisotopic (exact) mass is 754 g/mol. The minimum Gasteiger partial charge on any atom is -0.379 e. The molecule has 314 valence electrons. The van der Waals surface area contributed by atoms with Crippen molar-refractivity contribution in [3.05, 3.63) is 48.6 Å². The number of hydrogen-bond donors (Lipinski definition) is 0. The molecular weight excluding hydrogens is 663 g/mol. The van der Waals surface area contributed by atoms with Crippen molar-refractivity contribution in [3.8, 4) is 0 Å². The van der Waals surface area contributed by atoms with Crippen molar-refractivity contribution in [2.24, 2.45) is 0 Å². The van der Waals surface area contributed by atoms with Gasteiger partial charge in [-0.3, -0.25) is 9.80 Å². The average Bonchev–Trinajstić information content (AvgIpc) is 3.72. The first-order valence-corrected chi connectivity index (χ1v) is 23.8. The Bertz CT molecular complexity index is 887. The van der Waals surface area contributed by atoms with Crippen LogP contribution in [0, 0.1) is 0 Å². The fourth-order valence-corrected chi connectivity index (χ4v) is 7.67. The van der Waals surface area contributed by atoms with Gasteiger partial charge in [-0.05, 0) is 103 Å². The minimum atomic E-state index is 0.198. The summed E-state index contributed by atoms with van der Waals surface area (Å²) >= 11 is 0. The number of ether oxygens (including phenoxy) is 2. The summed E-state index contributed by atoms with van der Waals surface area (Å²) in [5, 5.41) is 0. The van der Waals surface area contributed by atoms with E-state index in [1.54, 1.807) is 0 Å². The molecule has 2 heterocycles. The molecule has 2 aliphatic rings. The quantitative estimate of drug-likeness (QED) is 0.0462. The molecule has 54 heavy (non-hydrogen) atoms. The maximum atomic E-state index is 6.53. The SMILES string of the molecule is CCCCC/C=C\C/C=C\CCCCCCCCOCC(CN1CCN(CCN2CCCC2)CC1)OCCCCCCCC/C=C/C/C=C/CCCCC. The van der Waals surface area contributed by atoms with E-state index in [1.807, 2.05) is 0 Å². The van der Waals surface area contributed by atoms with Gasteiger partial charge in [0.2, 0.25) is 0 Å². The highest BCUT2D eigenvalue weighted by Crippen LogP contribution is 2.13. The third-order valence-electron chi connectivity index (χ3n) is 11.3. The number of unbranched alkanes of at least 4 members (excludes halogenated alkanes) is 18. The zero-order valence-corrected chi connectivity index (χ0v) is 36.2. The maximum Gasteiger partial charge on any atom is 0.0934 e. The highest BCUT2D eigenvalue weighted by Gasteiger charge is 2.22. The van der Waals surface area contributed by atoms with Crippen molar-refractivity contribution >= 4 is 0 Å². The molecular formula is C49H91N3O2. The molecule has 0 radical (unpaired) electrons. The first-order chi connectivity index (χ1) is 26.8. The summed E-state index contributed by atoms with van der Waals surface area (Å²) in [6, 6.07) is 0. The first-order valence-electron chi connectivity index (χ1n) is 23.8. The predicted octanol–water partition coefficient (Wildman–Crippen LogP) is 12.7. The summed E-state index contributed by atoms with van der Waals surface area (Å²) in [7, 11) is 0. The molecule has 0 aliphatic carbocycles. The number of hydrogen-bond acceptors (Lipinski definition) is 5. The zero-order chi connectivity index (χ0) is 38.3. The number of likely N-dealkylation sites (tertiary alicyclic amines) is 1. The Morgan fingerprint density at radius 3 is 1.33 bits per heavy atom. The van der Waals surface area contributed by atoms with E-state index in [0.29, 0.717) is 0 Å². The zero-order valence-electron chi connectivity index (χ0n) is 36.2. The molecule has 2 aliphatic heterocycles. The van der Waals surface area contributed by atoms with Crippen LogP contribution in [0.1, 0.15) is 181 Å². The summed E-state index contributed by atoms with van der Waals surface area (Å²) in [4.78, 5) is 7.97. The number of piperazine rings is 1. The summed E-state index contributed by atoms with van der Waals surface area (Å²) in [5.41, 5.74) is 0. The fourth-order valence-electron chi connectivity index (χ4n) is 7.67. The standard InChI is InChI=1S/C49H91N3O2/c1-3-5-7-9-11-13-15-17-19-21-23-25-27-29-31-35-45-53-48-49(47-52-43-41-51(42-44-52)40-39-50-37-33-34-38-50)54-46-36-32-30-28-26-24-22-20-18-16-14-12-10-8-6-4-2/h11-14,17-20,49H,3-10,15-16,21-48H2,1-2H3/b13-11-,14-12+,19-17-,20-18+. The molecule has 1 atom stereocenters. The van der Waals surface area contributed by atoms with E-state index < -0.39 is 0 Å². The van der Waals surface area contributed by atoms with Gasteiger partial charge in [0.15, 0.2) is 0 Å². The summed E-state index contributed by atoms with van der Waals surface area (Å²) in [6.45, 7) is 17.9. The largest absolute Gasteiger partial charge is 0.379 e. The lowest BCUT2D eigenvalue weighted by Gasteiger charge is -2.37. The third kappa shape index (κ3) is 30.9. The van der Waals surface area contributed by atoms with Gasteiger partial charge in [0.25, 0.3) is 0 Å². The molecule has 0 saturated carbocycles. The first kappa shape index (κ1) is 48.9. The van der Waals surface area contributed by atoms with Crippen LogP contribution in [0.25, 0.3) is 0 Å². The summed E-state index contributed by atoms with van der Waals surface area (Å²) in [6.07, 6.45) is 52.7. The van der Waals surface area contributed by atoms with Crippen LogP contribution in [0.15, 0.2) is 48.6 Å². The maximum absolute atomic E-state index is 6.53. The molecule has 0 aromatic heterocycles. The second-order valence-electron chi connectivity index (χ2n) is 16.4. The number of nitrogens with zero attached hydrogens (tertiary/aromatic N) is 3. The summed E-state index contributed by atoms with van der Waals surface area (Å²) < 4.78 is 12.8. The van der Waals surface area contributed by atoms with Crippen molar-refractivity contribution < 1.29 is 9.47 Å². The molecule has 0 aromatic carbocycles. The Kier molecular flexibility index (Phi) is 35.0. The van der Waals surface area contributed by atoms with Gasteiger partial charge in [0.05, 0.1) is 12.7 Å². The Labute approximate surface area is 337 Å². The summed E-state index contributed by atoms with van der Waals surface area (Å²) in [5.74, 6) is 0. The Balaban J connectivity index is 1.52. The van der Waals surface area contributed by atoms with E-state index >= 15 is 0 Å². The van der Waals surface area contributed by atoms with Crippen molar-refractivity contribution in [1.82, 2.24) is 14.7 Å². The molecule has 2 rings (SSSR count). The molecule has 2 saturated heterocycles. The van der Waals surface area contributed by atoms with Crippen molar-refractivity contribution in [2.45, 2.75) is 187 Å². The second kappa shape index (κ2) is 38.6. The fraction of sp³-hybridized carbons (Fsp3) is 0.837. The van der Waals surface area contributed by atoms with Gasteiger partial charge in [-0.15, -0.1) is 0 Å². The second-order valence-corrected chi connectivity index (χ2v) is 16.4. The number of rotatable bonds is 38. The van der Waals surface area contributed by atoms with Crippen LogP contribution in [-0.4, -0.2) is 99.5 Å². The van der Waals surface area contributed by atoms with Crippen molar-refractivity contribution in [2.75, 3.05) is 78.7 Å². The van der Waals surface area contributed by atoms with E-state index in [2.05, 4.69) is 77.2 Å². The van der Waals surface area contributed by atoms with Crippen LogP contribution < -0.4 is 0 Å². The van der Waals surface area contributed by atoms with Crippen LogP contribution in [0.5, 0.6) is 0 Å². The van der Waals surface area contributed by atoms with E-state index in [4.69, 9.17) is 9.47 Å². The van der Waals surface area contributed by atoms with Gasteiger partial charge in [0, 0.05) is 59.0 Å². The minimum absolute atomic E-state index is 0.198. The van der Waals surface area contributed by atoms with Crippen LogP contribution in [0.4, 0.5) is 0 Å². The third-order valence-corrected chi connectivity index (χ3v) is 11.3. The predicted molar refractivity (Wildman–Crippen MR) is 238 cm³/mol. The Hall–Kier alpha value is -1.24. The number of allylic oxidation sites excluding steroid dienone is 8. The van der Waals surface area contributed by atoms with Crippen LogP contribution >= 0.6 is 0 Å². The molecule has 0 spiro atoms. The molecule has 0 amide bonds. The van der Waals surface area contributed by atoms with Gasteiger partial charge in [-0.25, -0.2) is 0 Å². The van der Waals surface area contributed by atoms with E-state index in [9.17, 15) is 0 Å². The van der Waals surface area contributed by atoms with Crippen LogP contribution in [-0.2, 0) is 9.47 Å². The van der Waals surface area contributed by atoms with E-state index in [-0.39, 0.29) is 6.10 Å². The van der Waals surface area contributed by atoms with Gasteiger partial charge < -0.3 is 14.4 Å². The van der Waals surface area contributed by atoms with Gasteiger partial charge >= 0.3 is 0 Å². The van der Waals surface area contributed by atoms with Crippen molar-refractivity contribution in [1.29, 1.82) is 0 Å². The Morgan fingerprint density at radius 2 is 0.833 bits per heavy atom. The van der Waals surface area contributed by atoms with Gasteiger partial charge in [-0.2, -0.15) is 0 Å². The van der Waals surface area contributed by atoms with E-state index in [1.165, 1.54) is 193 Å². The van der Waals surface area contributed by atoms with Gasteiger partial charge in [-0.1, -0.05) is 140 Å². The Morgan fingerprint density at radius 1 is 0.426 bits per heavy atom. The lowest BCUT2D eigenvalue weighted by atomic mass is 10.1. The molecule has 1 unspecified atom stereocenters. The molecule has 5 nitrogen and oxygen atoms in total. The smallest absolute Gasteiger partial charge is 0.0934 e. The van der Waals surface area contributed by atoms with E-state index in [0.717, 1.165) is 52.3 Å². The highest BCUT2D eigenvalue weighted by atomic mass is 16.5. The van der Waals surface area contributed by atoms with Crippen molar-refractivity contribution in [3.63, 3.8) is 0 Å². The van der Waals surface area contributed by atoms with Crippen LogP contribution in [0.2, 0.25) is 0 Å². The lowest BCUT2D eigenvalue weighted by Crippen LogP contribution is -2.50. The van der Waals surface area contributed by atoms with Gasteiger partial charge in [0.1, 0.15) is 0 Å². The molecule has 0 N–H and O–H groups in total. The highest BCUT2D eigenvalue weighted by molar-refractivity contribution is 4.93. The van der Waals surface area contributed by atoms with Crippen LogP contribution in [0.3, 0.4) is 0 Å². The molecule has 0 bridgehead atoms. The lowest BCUT2D eigenvalue weighted by molar-refractivity contribution is -0.0398. The topological polar surface area (TPSA) is 28.2 Å². The average molecular weight is 754 g/mol. The molecule has 0 aromatic rings. The molecule has 2 fully saturated rings. The normalized spacial score (nSPS) is 17.1.